The SMILES string of the molecule is CC(C)C1CCN(CC(C)C(N)c2ccc(F)cn2)CC1. The summed E-state index contributed by atoms with van der Waals surface area (Å²) >= 11 is 0. The highest BCUT2D eigenvalue weighted by molar-refractivity contribution is 5.10. The molecule has 118 valence electrons. The van der Waals surface area contributed by atoms with Crippen molar-refractivity contribution in [1.29, 1.82) is 0 Å². The molecule has 0 radical (unpaired) electrons. The number of rotatable bonds is 5. The molecule has 1 saturated heterocycles. The van der Waals surface area contributed by atoms with E-state index >= 15 is 0 Å². The molecule has 1 fully saturated rings. The molecule has 2 unspecified atom stereocenters. The molecule has 0 aliphatic carbocycles. The Morgan fingerprint density at radius 1 is 1.29 bits per heavy atom. The number of aromatic nitrogens is 1. The average molecular weight is 293 g/mol. The standard InChI is InChI=1S/C17H28FN3/c1-12(2)14-6-8-21(9-7-14)11-13(3)17(19)16-5-4-15(18)10-20-16/h4-5,10,12-14,17H,6-9,11,19H2,1-3H3. The first-order valence-corrected chi connectivity index (χ1v) is 8.06. The zero-order chi connectivity index (χ0) is 15.4. The van der Waals surface area contributed by atoms with Crippen LogP contribution in [0.25, 0.3) is 0 Å². The monoisotopic (exact) mass is 293 g/mol. The minimum atomic E-state index is -0.311. The van der Waals surface area contributed by atoms with Crippen molar-refractivity contribution in [2.75, 3.05) is 19.6 Å². The van der Waals surface area contributed by atoms with E-state index in [1.165, 1.54) is 25.1 Å². The van der Waals surface area contributed by atoms with Gasteiger partial charge < -0.3 is 10.6 Å². The Morgan fingerprint density at radius 2 is 1.95 bits per heavy atom. The Balaban J connectivity index is 1.84. The third-order valence-corrected chi connectivity index (χ3v) is 4.83. The number of piperidine rings is 1. The first-order chi connectivity index (χ1) is 9.97. The molecule has 1 aliphatic heterocycles. The fourth-order valence-electron chi connectivity index (χ4n) is 3.20. The smallest absolute Gasteiger partial charge is 0.141 e. The van der Waals surface area contributed by atoms with Crippen LogP contribution < -0.4 is 5.73 Å². The molecule has 0 amide bonds. The summed E-state index contributed by atoms with van der Waals surface area (Å²) in [6, 6.07) is 3.00. The molecule has 2 atom stereocenters. The van der Waals surface area contributed by atoms with Gasteiger partial charge >= 0.3 is 0 Å². The molecule has 3 nitrogen and oxygen atoms in total. The minimum absolute atomic E-state index is 0.131. The number of halogens is 1. The summed E-state index contributed by atoms with van der Waals surface area (Å²) in [7, 11) is 0. The van der Waals surface area contributed by atoms with E-state index < -0.39 is 0 Å². The summed E-state index contributed by atoms with van der Waals surface area (Å²) < 4.78 is 12.9. The highest BCUT2D eigenvalue weighted by Gasteiger charge is 2.24. The maximum atomic E-state index is 12.9. The Labute approximate surface area is 127 Å². The van der Waals surface area contributed by atoms with Crippen molar-refractivity contribution in [3.8, 4) is 0 Å². The number of hydrogen-bond donors (Lipinski definition) is 1. The van der Waals surface area contributed by atoms with Crippen molar-refractivity contribution in [2.24, 2.45) is 23.5 Å². The van der Waals surface area contributed by atoms with Gasteiger partial charge in [-0.25, -0.2) is 4.39 Å². The number of pyridine rings is 1. The first-order valence-electron chi connectivity index (χ1n) is 8.06. The van der Waals surface area contributed by atoms with Crippen molar-refractivity contribution in [2.45, 2.75) is 39.7 Å². The Bertz CT molecular complexity index is 424. The Hall–Kier alpha value is -1.00. The second kappa shape index (κ2) is 7.32. The van der Waals surface area contributed by atoms with Crippen molar-refractivity contribution >= 4 is 0 Å². The van der Waals surface area contributed by atoms with Gasteiger partial charge in [0, 0.05) is 6.54 Å². The molecular weight excluding hydrogens is 265 g/mol. The number of likely N-dealkylation sites (tertiary alicyclic amines) is 1. The van der Waals surface area contributed by atoms with Crippen LogP contribution in [0.3, 0.4) is 0 Å². The maximum absolute atomic E-state index is 12.9. The van der Waals surface area contributed by atoms with Crippen LogP contribution in [0.15, 0.2) is 18.3 Å². The predicted molar refractivity (Wildman–Crippen MR) is 84.3 cm³/mol. The normalized spacial score (nSPS) is 20.7. The van der Waals surface area contributed by atoms with Crippen LogP contribution in [-0.2, 0) is 0 Å². The van der Waals surface area contributed by atoms with E-state index in [0.717, 1.165) is 37.2 Å². The molecular formula is C17H28FN3. The molecule has 0 saturated carbocycles. The van der Waals surface area contributed by atoms with E-state index in [9.17, 15) is 4.39 Å². The van der Waals surface area contributed by atoms with Gasteiger partial charge in [0.1, 0.15) is 5.82 Å². The van der Waals surface area contributed by atoms with Crippen LogP contribution >= 0.6 is 0 Å². The van der Waals surface area contributed by atoms with Crippen LogP contribution in [0, 0.1) is 23.6 Å². The number of nitrogens with two attached hydrogens (primary N) is 1. The molecule has 0 spiro atoms. The lowest BCUT2D eigenvalue weighted by molar-refractivity contribution is 0.136. The van der Waals surface area contributed by atoms with E-state index in [1.807, 2.05) is 0 Å². The third kappa shape index (κ3) is 4.48. The van der Waals surface area contributed by atoms with E-state index in [4.69, 9.17) is 5.73 Å². The van der Waals surface area contributed by atoms with E-state index in [1.54, 1.807) is 6.07 Å². The lowest BCUT2D eigenvalue weighted by Gasteiger charge is -2.36. The molecule has 2 heterocycles. The van der Waals surface area contributed by atoms with Gasteiger partial charge in [-0.05, 0) is 55.8 Å². The summed E-state index contributed by atoms with van der Waals surface area (Å²) in [5, 5.41) is 0. The molecule has 0 bridgehead atoms. The van der Waals surface area contributed by atoms with Crippen LogP contribution in [0.4, 0.5) is 4.39 Å². The third-order valence-electron chi connectivity index (χ3n) is 4.83. The van der Waals surface area contributed by atoms with E-state index in [-0.39, 0.29) is 11.9 Å². The molecule has 1 aromatic heterocycles. The summed E-state index contributed by atoms with van der Waals surface area (Å²) in [5.74, 6) is 1.66. The van der Waals surface area contributed by atoms with Crippen molar-refractivity contribution in [3.63, 3.8) is 0 Å². The lowest BCUT2D eigenvalue weighted by Crippen LogP contribution is -2.40. The van der Waals surface area contributed by atoms with Gasteiger partial charge in [-0.1, -0.05) is 20.8 Å². The Kier molecular flexibility index (Phi) is 5.71. The van der Waals surface area contributed by atoms with Crippen molar-refractivity contribution in [3.05, 3.63) is 29.8 Å². The van der Waals surface area contributed by atoms with E-state index in [2.05, 4.69) is 30.7 Å². The predicted octanol–water partition coefficient (Wildman–Crippen LogP) is 3.22. The Morgan fingerprint density at radius 3 is 2.48 bits per heavy atom. The second-order valence-corrected chi connectivity index (χ2v) is 6.79. The van der Waals surface area contributed by atoms with Gasteiger partial charge in [0.2, 0.25) is 0 Å². The molecule has 4 heteroatoms. The zero-order valence-corrected chi connectivity index (χ0v) is 13.4. The largest absolute Gasteiger partial charge is 0.322 e. The van der Waals surface area contributed by atoms with E-state index in [0.29, 0.717) is 5.92 Å². The van der Waals surface area contributed by atoms with Crippen molar-refractivity contribution < 1.29 is 4.39 Å². The number of nitrogens with zero attached hydrogens (tertiary/aromatic N) is 2. The van der Waals surface area contributed by atoms with Crippen LogP contribution in [-0.4, -0.2) is 29.5 Å². The maximum Gasteiger partial charge on any atom is 0.141 e. The lowest BCUT2D eigenvalue weighted by atomic mass is 9.86. The molecule has 1 aliphatic rings. The number of hydrogen-bond acceptors (Lipinski definition) is 3. The first kappa shape index (κ1) is 16.4. The average Bonchev–Trinajstić information content (AvgIpc) is 2.47. The van der Waals surface area contributed by atoms with Gasteiger partial charge in [0.15, 0.2) is 0 Å². The van der Waals surface area contributed by atoms with Gasteiger partial charge in [0.25, 0.3) is 0 Å². The topological polar surface area (TPSA) is 42.1 Å². The highest BCUT2D eigenvalue weighted by atomic mass is 19.1. The molecule has 2 N–H and O–H groups in total. The summed E-state index contributed by atoms with van der Waals surface area (Å²) in [5.41, 5.74) is 7.05. The van der Waals surface area contributed by atoms with Gasteiger partial charge in [-0.2, -0.15) is 0 Å². The van der Waals surface area contributed by atoms with Crippen LogP contribution in [0.1, 0.15) is 45.3 Å². The van der Waals surface area contributed by atoms with Crippen LogP contribution in [0.2, 0.25) is 0 Å². The fourth-order valence-corrected chi connectivity index (χ4v) is 3.20. The fraction of sp³-hybridized carbons (Fsp3) is 0.706. The molecule has 0 aromatic carbocycles. The van der Waals surface area contributed by atoms with Crippen molar-refractivity contribution in [1.82, 2.24) is 9.88 Å². The van der Waals surface area contributed by atoms with Gasteiger partial charge in [-0.15, -0.1) is 0 Å². The van der Waals surface area contributed by atoms with Crippen LogP contribution in [0.5, 0.6) is 0 Å². The van der Waals surface area contributed by atoms with Gasteiger partial charge in [-0.3, -0.25) is 4.98 Å². The summed E-state index contributed by atoms with van der Waals surface area (Å²) in [6.07, 6.45) is 3.82. The highest BCUT2D eigenvalue weighted by Crippen LogP contribution is 2.26. The van der Waals surface area contributed by atoms with Gasteiger partial charge in [0.05, 0.1) is 17.9 Å². The summed E-state index contributed by atoms with van der Waals surface area (Å²) in [6.45, 7) is 10.1. The molecule has 2 rings (SSSR count). The quantitative estimate of drug-likeness (QED) is 0.906. The second-order valence-electron chi connectivity index (χ2n) is 6.79. The zero-order valence-electron chi connectivity index (χ0n) is 13.4. The molecule has 1 aromatic rings. The summed E-state index contributed by atoms with van der Waals surface area (Å²) in [4.78, 5) is 6.62. The minimum Gasteiger partial charge on any atom is -0.322 e. The molecule has 21 heavy (non-hydrogen) atoms.